The second-order valence-electron chi connectivity index (χ2n) is 10.2. The number of aryl methyl sites for hydroxylation is 1. The van der Waals surface area contributed by atoms with E-state index < -0.39 is 30.0 Å². The summed E-state index contributed by atoms with van der Waals surface area (Å²) in [5, 5.41) is 10.1. The van der Waals surface area contributed by atoms with Crippen molar-refractivity contribution in [3.8, 4) is 0 Å². The molecule has 216 valence electrons. The SMILES string of the molecule is C=CCOC(=O)C1=C(S[C@H]2C[C@@H](CCn3cnc(C(N)=O)c3)N(C(=O)OCC=C)C2)[C@H](C)[C@@H]2[C@@H]([C@@H](C)O)C(=O)N12. The summed E-state index contributed by atoms with van der Waals surface area (Å²) in [5.41, 5.74) is 5.67. The van der Waals surface area contributed by atoms with Gasteiger partial charge in [-0.1, -0.05) is 32.2 Å². The van der Waals surface area contributed by atoms with Crippen molar-refractivity contribution in [3.05, 3.63) is 54.1 Å². The molecule has 0 bridgehead atoms. The van der Waals surface area contributed by atoms with E-state index in [1.54, 1.807) is 22.6 Å². The molecule has 1 aromatic rings. The van der Waals surface area contributed by atoms with Crippen molar-refractivity contribution in [2.75, 3.05) is 19.8 Å². The summed E-state index contributed by atoms with van der Waals surface area (Å²) in [6, 6.07) is -0.528. The number of amides is 3. The molecule has 0 saturated carbocycles. The molecule has 40 heavy (non-hydrogen) atoms. The highest BCUT2D eigenvalue weighted by atomic mass is 32.2. The van der Waals surface area contributed by atoms with Gasteiger partial charge in [-0.25, -0.2) is 14.6 Å². The van der Waals surface area contributed by atoms with Crippen molar-refractivity contribution in [2.45, 2.75) is 56.7 Å². The molecule has 4 heterocycles. The molecule has 1 aromatic heterocycles. The summed E-state index contributed by atoms with van der Waals surface area (Å²) < 4.78 is 12.4. The Morgan fingerprint density at radius 3 is 2.60 bits per heavy atom. The maximum Gasteiger partial charge on any atom is 0.410 e. The minimum atomic E-state index is -0.852. The number of fused-ring (bicyclic) bond motifs is 1. The molecule has 0 unspecified atom stereocenters. The molecular formula is C27H35N5O7S. The first-order valence-corrected chi connectivity index (χ1v) is 14.0. The van der Waals surface area contributed by atoms with Crippen molar-refractivity contribution in [3.63, 3.8) is 0 Å². The standard InChI is InChI=1S/C27H35N5O7S/c1-5-9-38-26(36)22-23(15(3)21-20(16(4)33)25(35)32(21)22)40-18-11-17(31(12-18)27(37)39-10-6-2)7-8-30-13-19(24(28)34)29-14-30/h5-6,13-18,20-21,33H,1-2,7-12H2,3-4H3,(H2,28,34)/t15-,16-,17-,18+,20-,21-/m1/s1. The molecule has 3 N–H and O–H groups in total. The number of aliphatic hydroxyl groups is 1. The molecule has 12 nitrogen and oxygen atoms in total. The van der Waals surface area contributed by atoms with Crippen LogP contribution in [0.25, 0.3) is 0 Å². The first-order chi connectivity index (χ1) is 19.1. The highest BCUT2D eigenvalue weighted by Gasteiger charge is 2.60. The van der Waals surface area contributed by atoms with E-state index in [2.05, 4.69) is 18.1 Å². The van der Waals surface area contributed by atoms with E-state index in [-0.39, 0.29) is 53.8 Å². The van der Waals surface area contributed by atoms with Gasteiger partial charge >= 0.3 is 12.1 Å². The van der Waals surface area contributed by atoms with E-state index in [0.29, 0.717) is 30.8 Å². The van der Waals surface area contributed by atoms with Crippen molar-refractivity contribution in [1.29, 1.82) is 0 Å². The zero-order valence-corrected chi connectivity index (χ0v) is 23.4. The quantitative estimate of drug-likeness (QED) is 0.216. The number of thioether (sulfide) groups is 1. The van der Waals surface area contributed by atoms with Gasteiger partial charge in [-0.15, -0.1) is 11.8 Å². The van der Waals surface area contributed by atoms with E-state index in [0.717, 1.165) is 0 Å². The van der Waals surface area contributed by atoms with Crippen LogP contribution in [0.15, 0.2) is 48.4 Å². The molecule has 3 aliphatic rings. The average Bonchev–Trinajstić information content (AvgIpc) is 3.61. The molecule has 0 radical (unpaired) electrons. The predicted molar refractivity (Wildman–Crippen MR) is 147 cm³/mol. The summed E-state index contributed by atoms with van der Waals surface area (Å²) in [5.74, 6) is -2.34. The number of hydrogen-bond acceptors (Lipinski definition) is 9. The van der Waals surface area contributed by atoms with Crippen LogP contribution in [-0.4, -0.2) is 91.5 Å². The Bertz CT molecular complexity index is 1230. The fraction of sp³-hybridized carbons (Fsp3) is 0.519. The molecule has 0 spiro atoms. The number of carbonyl (C=O) groups excluding carboxylic acids is 4. The third-order valence-corrected chi connectivity index (χ3v) is 8.96. The number of ether oxygens (including phenoxy) is 2. The first kappa shape index (κ1) is 29.4. The van der Waals surface area contributed by atoms with Crippen LogP contribution in [0.2, 0.25) is 0 Å². The lowest BCUT2D eigenvalue weighted by Gasteiger charge is -2.46. The maximum atomic E-state index is 13.1. The number of likely N-dealkylation sites (tertiary alicyclic amines) is 1. The minimum absolute atomic E-state index is 0.00132. The van der Waals surface area contributed by atoms with Crippen LogP contribution in [0.5, 0.6) is 0 Å². The minimum Gasteiger partial charge on any atom is -0.457 e. The number of imidazole rings is 1. The summed E-state index contributed by atoms with van der Waals surface area (Å²) in [4.78, 5) is 58.2. The van der Waals surface area contributed by atoms with E-state index in [9.17, 15) is 24.3 Å². The Labute approximate surface area is 236 Å². The van der Waals surface area contributed by atoms with E-state index in [1.807, 2.05) is 6.92 Å². The van der Waals surface area contributed by atoms with Gasteiger partial charge in [0, 0.05) is 41.4 Å². The van der Waals surface area contributed by atoms with Gasteiger partial charge < -0.3 is 34.7 Å². The molecule has 3 amide bonds. The Morgan fingerprint density at radius 2 is 1.98 bits per heavy atom. The van der Waals surface area contributed by atoms with E-state index in [1.165, 1.54) is 35.1 Å². The van der Waals surface area contributed by atoms with Crippen LogP contribution in [0.3, 0.4) is 0 Å². The summed E-state index contributed by atoms with van der Waals surface area (Å²) >= 11 is 1.46. The molecule has 13 heteroatoms. The number of β-lactam (4-membered cyclic amide) rings is 1. The van der Waals surface area contributed by atoms with E-state index in [4.69, 9.17) is 15.2 Å². The summed E-state index contributed by atoms with van der Waals surface area (Å²) in [6.45, 7) is 11.6. The highest BCUT2D eigenvalue weighted by molar-refractivity contribution is 8.03. The van der Waals surface area contributed by atoms with Gasteiger partial charge in [-0.05, 0) is 19.8 Å². The maximum absolute atomic E-state index is 13.1. The van der Waals surface area contributed by atoms with Crippen molar-refractivity contribution < 1.29 is 33.8 Å². The lowest BCUT2D eigenvalue weighted by molar-refractivity contribution is -0.164. The number of carbonyl (C=O) groups is 4. The monoisotopic (exact) mass is 573 g/mol. The molecule has 6 atom stereocenters. The van der Waals surface area contributed by atoms with Crippen LogP contribution < -0.4 is 5.73 Å². The molecule has 4 rings (SSSR count). The van der Waals surface area contributed by atoms with Crippen LogP contribution >= 0.6 is 11.8 Å². The number of aliphatic hydroxyl groups excluding tert-OH is 1. The van der Waals surface area contributed by atoms with Gasteiger partial charge in [0.2, 0.25) is 5.91 Å². The lowest BCUT2D eigenvalue weighted by Crippen LogP contribution is -2.63. The Hall–Kier alpha value is -3.58. The molecule has 0 aromatic carbocycles. The summed E-state index contributed by atoms with van der Waals surface area (Å²) in [6.07, 6.45) is 5.89. The van der Waals surface area contributed by atoms with Gasteiger partial charge in [-0.3, -0.25) is 9.59 Å². The van der Waals surface area contributed by atoms with Crippen molar-refractivity contribution in [2.24, 2.45) is 17.6 Å². The Kier molecular flexibility index (Phi) is 9.04. The third-order valence-electron chi connectivity index (χ3n) is 7.47. The number of rotatable bonds is 12. The topological polar surface area (TPSA) is 157 Å². The lowest BCUT2D eigenvalue weighted by atomic mass is 9.79. The zero-order valence-electron chi connectivity index (χ0n) is 22.6. The molecular weight excluding hydrogens is 538 g/mol. The fourth-order valence-corrected chi connectivity index (χ4v) is 7.19. The number of nitrogens with two attached hydrogens (primary N) is 1. The average molecular weight is 574 g/mol. The molecule has 2 fully saturated rings. The molecule has 0 aliphatic carbocycles. The summed E-state index contributed by atoms with van der Waals surface area (Å²) in [7, 11) is 0. The number of esters is 1. The Morgan fingerprint density at radius 1 is 1.27 bits per heavy atom. The second-order valence-corrected chi connectivity index (χ2v) is 11.5. The third kappa shape index (κ3) is 5.66. The van der Waals surface area contributed by atoms with Crippen LogP contribution in [-0.2, 0) is 25.6 Å². The normalized spacial score (nSPS) is 26.3. The van der Waals surface area contributed by atoms with Crippen LogP contribution in [0.4, 0.5) is 4.79 Å². The van der Waals surface area contributed by atoms with Gasteiger partial charge in [0.25, 0.3) is 5.91 Å². The van der Waals surface area contributed by atoms with E-state index >= 15 is 0 Å². The Balaban J connectivity index is 1.55. The smallest absolute Gasteiger partial charge is 0.410 e. The van der Waals surface area contributed by atoms with Gasteiger partial charge in [0.15, 0.2) is 0 Å². The number of primary amides is 1. The largest absolute Gasteiger partial charge is 0.457 e. The van der Waals surface area contributed by atoms with Crippen molar-refractivity contribution >= 4 is 35.6 Å². The van der Waals surface area contributed by atoms with Gasteiger partial charge in [0.1, 0.15) is 24.6 Å². The number of hydrogen-bond donors (Lipinski definition) is 2. The van der Waals surface area contributed by atoms with Gasteiger partial charge in [0.05, 0.1) is 24.4 Å². The molecule has 2 saturated heterocycles. The van der Waals surface area contributed by atoms with Crippen LogP contribution in [0.1, 0.15) is 37.2 Å². The highest BCUT2D eigenvalue weighted by Crippen LogP contribution is 2.52. The first-order valence-electron chi connectivity index (χ1n) is 13.1. The second kappa shape index (κ2) is 12.3. The van der Waals surface area contributed by atoms with Crippen molar-refractivity contribution in [1.82, 2.24) is 19.4 Å². The van der Waals surface area contributed by atoms with Crippen LogP contribution in [0, 0.1) is 11.8 Å². The fourth-order valence-electron chi connectivity index (χ4n) is 5.63. The van der Waals surface area contributed by atoms with Gasteiger partial charge in [-0.2, -0.15) is 0 Å². The predicted octanol–water partition coefficient (Wildman–Crippen LogP) is 1.67. The number of nitrogens with zero attached hydrogens (tertiary/aromatic N) is 4. The number of aromatic nitrogens is 2. The molecule has 3 aliphatic heterocycles. The zero-order chi connectivity index (χ0) is 29.1.